The number of benzene rings is 4. The third-order valence-electron chi connectivity index (χ3n) is 6.04. The molecule has 0 radical (unpaired) electrons. The Morgan fingerprint density at radius 3 is 2.16 bits per heavy atom. The number of para-hydroxylation sites is 1. The van der Waals surface area contributed by atoms with Crippen LogP contribution >= 0.6 is 0 Å². The summed E-state index contributed by atoms with van der Waals surface area (Å²) in [6, 6.07) is 32.8. The molecule has 4 aromatic carbocycles. The highest BCUT2D eigenvalue weighted by Gasteiger charge is 2.20. The number of nitrogens with one attached hydrogen (secondary N) is 1. The van der Waals surface area contributed by atoms with E-state index in [1.165, 1.54) is 5.39 Å². The Hall–Kier alpha value is -4.44. The lowest BCUT2D eigenvalue weighted by Gasteiger charge is -2.06. The summed E-state index contributed by atoms with van der Waals surface area (Å²) in [7, 11) is 0. The van der Waals surface area contributed by atoms with Crippen LogP contribution in [0.15, 0.2) is 101 Å². The first kappa shape index (κ1) is 17.3. The molecular weight excluding hydrogens is 394 g/mol. The highest BCUT2D eigenvalue weighted by molar-refractivity contribution is 6.23. The van der Waals surface area contributed by atoms with Gasteiger partial charge in [0.2, 0.25) is 0 Å². The molecule has 0 bridgehead atoms. The van der Waals surface area contributed by atoms with Gasteiger partial charge in [-0.1, -0.05) is 78.9 Å². The second-order valence-electron chi connectivity index (χ2n) is 7.94. The lowest BCUT2D eigenvalue weighted by atomic mass is 10.1. The molecule has 32 heavy (non-hydrogen) atoms. The largest absolute Gasteiger partial charge is 0.452 e. The van der Waals surface area contributed by atoms with Crippen LogP contribution in [0.4, 0.5) is 0 Å². The van der Waals surface area contributed by atoms with Crippen LogP contribution in [0.2, 0.25) is 0 Å². The molecular formula is C28H17N3O. The highest BCUT2D eigenvalue weighted by atomic mass is 16.3. The zero-order valence-corrected chi connectivity index (χ0v) is 17.0. The summed E-state index contributed by atoms with van der Waals surface area (Å²) in [6.45, 7) is 0. The van der Waals surface area contributed by atoms with Crippen molar-refractivity contribution in [2.75, 3.05) is 0 Å². The van der Waals surface area contributed by atoms with Crippen LogP contribution in [0.3, 0.4) is 0 Å². The van der Waals surface area contributed by atoms with E-state index < -0.39 is 0 Å². The van der Waals surface area contributed by atoms with Crippen LogP contribution in [-0.4, -0.2) is 15.0 Å². The van der Waals surface area contributed by atoms with E-state index in [1.807, 2.05) is 60.7 Å². The van der Waals surface area contributed by atoms with Gasteiger partial charge < -0.3 is 9.40 Å². The molecule has 0 aliphatic carbocycles. The standard InChI is InChI=1S/C28H17N3O/c1-3-9-17(10-4-1)24-27-26(31-28(30-24)18-11-5-2-6-12-18)23-22(32-27)16-15-20-19-13-7-8-14-21(19)29-25(20)23/h1-16,29H. The van der Waals surface area contributed by atoms with Crippen molar-refractivity contribution in [3.8, 4) is 22.6 Å². The Morgan fingerprint density at radius 2 is 1.34 bits per heavy atom. The molecule has 0 aliphatic heterocycles. The molecule has 0 fully saturated rings. The first-order valence-corrected chi connectivity index (χ1v) is 10.6. The van der Waals surface area contributed by atoms with Crippen LogP contribution in [0.1, 0.15) is 0 Å². The van der Waals surface area contributed by atoms with E-state index in [-0.39, 0.29) is 0 Å². The van der Waals surface area contributed by atoms with Crippen molar-refractivity contribution in [3.63, 3.8) is 0 Å². The molecule has 0 amide bonds. The first-order valence-electron chi connectivity index (χ1n) is 10.6. The molecule has 7 aromatic rings. The fourth-order valence-corrected chi connectivity index (χ4v) is 4.55. The van der Waals surface area contributed by atoms with Crippen LogP contribution in [-0.2, 0) is 0 Å². The van der Waals surface area contributed by atoms with E-state index in [0.29, 0.717) is 11.4 Å². The van der Waals surface area contributed by atoms with E-state index in [0.717, 1.165) is 49.7 Å². The van der Waals surface area contributed by atoms with Gasteiger partial charge in [0, 0.05) is 27.4 Å². The van der Waals surface area contributed by atoms with Gasteiger partial charge in [-0.05, 0) is 18.2 Å². The molecule has 1 N–H and O–H groups in total. The second kappa shape index (κ2) is 6.53. The van der Waals surface area contributed by atoms with Crippen LogP contribution < -0.4 is 0 Å². The maximum atomic E-state index is 6.39. The number of aromatic amines is 1. The van der Waals surface area contributed by atoms with Gasteiger partial charge in [0.1, 0.15) is 16.8 Å². The molecule has 0 aliphatic rings. The number of H-pyrrole nitrogens is 1. The number of aromatic nitrogens is 3. The molecule has 0 saturated carbocycles. The molecule has 0 saturated heterocycles. The van der Waals surface area contributed by atoms with Gasteiger partial charge in [0.25, 0.3) is 0 Å². The minimum Gasteiger partial charge on any atom is -0.452 e. The molecule has 3 aromatic heterocycles. The Labute approximate surface area is 183 Å². The molecule has 0 spiro atoms. The Kier molecular flexibility index (Phi) is 3.52. The number of hydrogen-bond acceptors (Lipinski definition) is 3. The normalized spacial score (nSPS) is 11.8. The zero-order valence-electron chi connectivity index (χ0n) is 17.0. The summed E-state index contributed by atoms with van der Waals surface area (Å²) in [6.07, 6.45) is 0. The smallest absolute Gasteiger partial charge is 0.180 e. The van der Waals surface area contributed by atoms with Crippen molar-refractivity contribution in [1.82, 2.24) is 15.0 Å². The summed E-state index contributed by atoms with van der Waals surface area (Å²) < 4.78 is 6.39. The molecule has 4 heteroatoms. The Morgan fingerprint density at radius 1 is 0.625 bits per heavy atom. The maximum Gasteiger partial charge on any atom is 0.180 e. The van der Waals surface area contributed by atoms with E-state index >= 15 is 0 Å². The van der Waals surface area contributed by atoms with Crippen molar-refractivity contribution >= 4 is 43.9 Å². The number of furan rings is 1. The van der Waals surface area contributed by atoms with E-state index in [9.17, 15) is 0 Å². The SMILES string of the molecule is c1ccc(-c2nc(-c3ccccc3)c3oc4ccc5c6ccccc6[nH]c5c4c3n2)cc1. The third-order valence-corrected chi connectivity index (χ3v) is 6.04. The third kappa shape index (κ3) is 2.44. The van der Waals surface area contributed by atoms with Crippen LogP contribution in [0.25, 0.3) is 66.5 Å². The van der Waals surface area contributed by atoms with Crippen molar-refractivity contribution in [1.29, 1.82) is 0 Å². The summed E-state index contributed by atoms with van der Waals surface area (Å²) in [5, 5.41) is 3.35. The minimum atomic E-state index is 0.688. The van der Waals surface area contributed by atoms with Gasteiger partial charge >= 0.3 is 0 Å². The van der Waals surface area contributed by atoms with E-state index in [1.54, 1.807) is 0 Å². The van der Waals surface area contributed by atoms with Gasteiger partial charge in [0.15, 0.2) is 11.4 Å². The fraction of sp³-hybridized carbons (Fsp3) is 0. The lowest BCUT2D eigenvalue weighted by molar-refractivity contribution is 0.667. The Balaban J connectivity index is 1.66. The predicted molar refractivity (Wildman–Crippen MR) is 130 cm³/mol. The van der Waals surface area contributed by atoms with Gasteiger partial charge in [0.05, 0.1) is 10.9 Å². The molecule has 150 valence electrons. The molecule has 3 heterocycles. The monoisotopic (exact) mass is 411 g/mol. The number of fused-ring (bicyclic) bond motifs is 7. The van der Waals surface area contributed by atoms with Crippen LogP contribution in [0.5, 0.6) is 0 Å². The quantitative estimate of drug-likeness (QED) is 0.324. The van der Waals surface area contributed by atoms with Crippen LogP contribution in [0, 0.1) is 0 Å². The summed E-state index contributed by atoms with van der Waals surface area (Å²) in [5.41, 5.74) is 7.26. The molecule has 7 rings (SSSR count). The summed E-state index contributed by atoms with van der Waals surface area (Å²) in [4.78, 5) is 13.6. The fourth-order valence-electron chi connectivity index (χ4n) is 4.55. The van der Waals surface area contributed by atoms with Gasteiger partial charge in [-0.25, -0.2) is 9.97 Å². The average molecular weight is 411 g/mol. The van der Waals surface area contributed by atoms with Gasteiger partial charge in [-0.3, -0.25) is 0 Å². The molecule has 4 nitrogen and oxygen atoms in total. The van der Waals surface area contributed by atoms with Crippen molar-refractivity contribution in [3.05, 3.63) is 97.1 Å². The van der Waals surface area contributed by atoms with Crippen molar-refractivity contribution in [2.24, 2.45) is 0 Å². The highest BCUT2D eigenvalue weighted by Crippen LogP contribution is 2.40. The first-order chi connectivity index (χ1) is 15.9. The van der Waals surface area contributed by atoms with E-state index in [4.69, 9.17) is 14.4 Å². The number of hydrogen-bond donors (Lipinski definition) is 1. The summed E-state index contributed by atoms with van der Waals surface area (Å²) >= 11 is 0. The predicted octanol–water partition coefficient (Wildman–Crippen LogP) is 7.34. The molecule has 0 atom stereocenters. The average Bonchev–Trinajstić information content (AvgIpc) is 3.42. The number of nitrogens with zero attached hydrogens (tertiary/aromatic N) is 2. The lowest BCUT2D eigenvalue weighted by Crippen LogP contribution is -1.93. The summed E-state index contributed by atoms with van der Waals surface area (Å²) in [5.74, 6) is 0.688. The minimum absolute atomic E-state index is 0.688. The van der Waals surface area contributed by atoms with Crippen molar-refractivity contribution < 1.29 is 4.42 Å². The van der Waals surface area contributed by atoms with E-state index in [2.05, 4.69) is 41.4 Å². The van der Waals surface area contributed by atoms with Gasteiger partial charge in [-0.2, -0.15) is 0 Å². The maximum absolute atomic E-state index is 6.39. The number of rotatable bonds is 2. The Bertz CT molecular complexity index is 1760. The zero-order chi connectivity index (χ0) is 21.1. The second-order valence-corrected chi connectivity index (χ2v) is 7.94. The van der Waals surface area contributed by atoms with Gasteiger partial charge in [-0.15, -0.1) is 0 Å². The molecule has 0 unspecified atom stereocenters. The van der Waals surface area contributed by atoms with Crippen molar-refractivity contribution in [2.45, 2.75) is 0 Å². The topological polar surface area (TPSA) is 54.7 Å².